The number of amides is 4. The predicted octanol–water partition coefficient (Wildman–Crippen LogP) is 4.99. The molecular weight excluding hydrogens is 630 g/mol. The Morgan fingerprint density at radius 1 is 0.755 bits per heavy atom. The van der Waals surface area contributed by atoms with Crippen LogP contribution in [0.4, 0.5) is 4.79 Å². The fourth-order valence-electron chi connectivity index (χ4n) is 5.60. The first-order valence-corrected chi connectivity index (χ1v) is 17.4. The predicted molar refractivity (Wildman–Crippen MR) is 183 cm³/mol. The Kier molecular flexibility index (Phi) is 17.3. The van der Waals surface area contributed by atoms with Crippen LogP contribution >= 0.6 is 0 Å². The van der Waals surface area contributed by atoms with E-state index >= 15 is 0 Å². The van der Waals surface area contributed by atoms with Crippen molar-refractivity contribution < 1.29 is 43.0 Å². The summed E-state index contributed by atoms with van der Waals surface area (Å²) in [6, 6.07) is 12.4. The fourth-order valence-corrected chi connectivity index (χ4v) is 5.60. The van der Waals surface area contributed by atoms with Crippen LogP contribution in [0.25, 0.3) is 11.1 Å². The van der Waals surface area contributed by atoms with E-state index < -0.39 is 12.1 Å². The molecule has 3 rings (SSSR count). The van der Waals surface area contributed by atoms with E-state index in [0.29, 0.717) is 83.1 Å². The topological polar surface area (TPSA) is 150 Å². The highest BCUT2D eigenvalue weighted by Crippen LogP contribution is 2.46. The smallest absolute Gasteiger partial charge is 0.432 e. The van der Waals surface area contributed by atoms with Gasteiger partial charge in [0, 0.05) is 51.5 Å². The SMILES string of the molecule is CCCOCCNC(=O)CCCc1ccc2c(c1)C(COC(=O)ON(C=O)C(=O)CC)c1cc(CCCC(=O)NCCOCCC)ccc1-2. The van der Waals surface area contributed by atoms with Crippen LogP contribution in [0.2, 0.25) is 0 Å². The van der Waals surface area contributed by atoms with Crippen LogP contribution in [-0.2, 0) is 51.1 Å². The molecule has 12 nitrogen and oxygen atoms in total. The third-order valence-corrected chi connectivity index (χ3v) is 8.03. The number of benzene rings is 2. The van der Waals surface area contributed by atoms with E-state index in [-0.39, 0.29) is 37.2 Å². The molecule has 1 aliphatic carbocycles. The Bertz CT molecular complexity index is 1320. The Morgan fingerprint density at radius 2 is 1.27 bits per heavy atom. The minimum atomic E-state index is -1.16. The average molecular weight is 682 g/mol. The van der Waals surface area contributed by atoms with Crippen molar-refractivity contribution in [3.8, 4) is 11.1 Å². The molecule has 2 aromatic rings. The maximum atomic E-state index is 12.5. The van der Waals surface area contributed by atoms with Crippen LogP contribution in [0, 0.1) is 0 Å². The first-order chi connectivity index (χ1) is 23.8. The lowest BCUT2D eigenvalue weighted by atomic mass is 9.94. The largest absolute Gasteiger partial charge is 0.533 e. The number of nitrogens with zero attached hydrogens (tertiary/aromatic N) is 1. The highest BCUT2D eigenvalue weighted by atomic mass is 16.8. The Hall–Kier alpha value is -4.29. The first-order valence-electron chi connectivity index (χ1n) is 17.4. The summed E-state index contributed by atoms with van der Waals surface area (Å²) in [6.07, 6.45) is 4.30. The van der Waals surface area contributed by atoms with Crippen LogP contribution in [0.5, 0.6) is 0 Å². The lowest BCUT2D eigenvalue weighted by Gasteiger charge is -2.17. The molecule has 0 fully saturated rings. The third kappa shape index (κ3) is 12.9. The fraction of sp³-hybridized carbons (Fsp3) is 0.541. The number of fused-ring (bicyclic) bond motifs is 3. The zero-order chi connectivity index (χ0) is 35.4. The molecule has 0 bridgehead atoms. The van der Waals surface area contributed by atoms with E-state index in [2.05, 4.69) is 47.0 Å². The minimum absolute atomic E-state index is 0.0182. The molecular formula is C37H51N3O9. The number of imide groups is 1. The molecule has 0 saturated carbocycles. The van der Waals surface area contributed by atoms with Crippen LogP contribution in [-0.4, -0.2) is 81.5 Å². The van der Waals surface area contributed by atoms with Crippen molar-refractivity contribution >= 4 is 30.3 Å². The maximum absolute atomic E-state index is 12.5. The number of carbonyl (C=O) groups excluding carboxylic acids is 5. The van der Waals surface area contributed by atoms with Gasteiger partial charge in [-0.2, -0.15) is 0 Å². The van der Waals surface area contributed by atoms with Gasteiger partial charge in [-0.15, -0.1) is 5.06 Å². The number of hydroxylamine groups is 2. The Morgan fingerprint density at radius 3 is 1.71 bits per heavy atom. The molecule has 4 amide bonds. The summed E-state index contributed by atoms with van der Waals surface area (Å²) in [4.78, 5) is 65.1. The first kappa shape index (κ1) is 39.2. The number of carbonyl (C=O) groups is 5. The van der Waals surface area contributed by atoms with Gasteiger partial charge in [-0.3, -0.25) is 24.0 Å². The molecule has 0 radical (unpaired) electrons. The monoisotopic (exact) mass is 681 g/mol. The van der Waals surface area contributed by atoms with Crippen molar-refractivity contribution in [2.24, 2.45) is 0 Å². The van der Waals surface area contributed by atoms with Gasteiger partial charge in [0.15, 0.2) is 0 Å². The van der Waals surface area contributed by atoms with Gasteiger partial charge in [0.1, 0.15) is 6.61 Å². The van der Waals surface area contributed by atoms with Crippen molar-refractivity contribution in [3.05, 3.63) is 58.7 Å². The van der Waals surface area contributed by atoms with Crippen LogP contribution in [0.3, 0.4) is 0 Å². The van der Waals surface area contributed by atoms with Gasteiger partial charge < -0.3 is 24.8 Å². The van der Waals surface area contributed by atoms with Gasteiger partial charge in [0.05, 0.1) is 13.2 Å². The molecule has 12 heteroatoms. The normalized spacial score (nSPS) is 11.7. The highest BCUT2D eigenvalue weighted by Gasteiger charge is 2.31. The summed E-state index contributed by atoms with van der Waals surface area (Å²) in [5, 5.41) is 6.11. The van der Waals surface area contributed by atoms with E-state index in [4.69, 9.17) is 19.0 Å². The molecule has 0 unspecified atom stereocenters. The summed E-state index contributed by atoms with van der Waals surface area (Å²) < 4.78 is 16.3. The number of hydrogen-bond acceptors (Lipinski definition) is 9. The van der Waals surface area contributed by atoms with Gasteiger partial charge in [0.2, 0.25) is 11.8 Å². The molecule has 0 aliphatic heterocycles. The molecule has 0 spiro atoms. The highest BCUT2D eigenvalue weighted by molar-refractivity contribution is 5.86. The maximum Gasteiger partial charge on any atom is 0.533 e. The van der Waals surface area contributed by atoms with Crippen LogP contribution in [0.15, 0.2) is 36.4 Å². The molecule has 1 aliphatic rings. The Balaban J connectivity index is 1.67. The van der Waals surface area contributed by atoms with Crippen LogP contribution < -0.4 is 10.6 Å². The number of nitrogens with one attached hydrogen (secondary N) is 2. The van der Waals surface area contributed by atoms with Gasteiger partial charge >= 0.3 is 6.16 Å². The van der Waals surface area contributed by atoms with Gasteiger partial charge in [-0.25, -0.2) is 4.79 Å². The number of ether oxygens (including phenoxy) is 3. The van der Waals surface area contributed by atoms with Gasteiger partial charge in [-0.05, 0) is 71.9 Å². The van der Waals surface area contributed by atoms with Crippen molar-refractivity contribution in [1.82, 2.24) is 15.7 Å². The van der Waals surface area contributed by atoms with Crippen LogP contribution in [0.1, 0.15) is 93.9 Å². The summed E-state index contributed by atoms with van der Waals surface area (Å²) in [6.45, 7) is 8.86. The number of aryl methyl sites for hydroxylation is 2. The standard InChI is InChI=1S/C37H51N3O9/c1-4-19-46-21-17-38-34(42)11-7-9-27-13-15-29-30-16-14-28(10-8-12-35(43)39-18-22-47-20-5-2)24-32(30)33(31(29)23-27)25-48-37(45)49-40(26-41)36(44)6-3/h13-16,23-24,26,33H,4-12,17-22,25H2,1-3H3,(H,38,42)(H,39,43). The quantitative estimate of drug-likeness (QED) is 0.0758. The summed E-state index contributed by atoms with van der Waals surface area (Å²) >= 11 is 0. The summed E-state index contributed by atoms with van der Waals surface area (Å²) in [7, 11) is 0. The van der Waals surface area contributed by atoms with Crippen molar-refractivity contribution in [2.45, 2.75) is 84.5 Å². The molecule has 2 N–H and O–H groups in total. The van der Waals surface area contributed by atoms with Crippen molar-refractivity contribution in [3.63, 3.8) is 0 Å². The van der Waals surface area contributed by atoms with Gasteiger partial charge in [-0.1, -0.05) is 57.2 Å². The third-order valence-electron chi connectivity index (χ3n) is 8.03. The lowest BCUT2D eigenvalue weighted by molar-refractivity contribution is -0.175. The number of hydrogen-bond donors (Lipinski definition) is 2. The molecule has 0 atom stereocenters. The molecule has 0 saturated heterocycles. The van der Waals surface area contributed by atoms with E-state index in [1.165, 1.54) is 0 Å². The van der Waals surface area contributed by atoms with E-state index in [1.807, 2.05) is 13.8 Å². The molecule has 49 heavy (non-hydrogen) atoms. The van der Waals surface area contributed by atoms with E-state index in [9.17, 15) is 24.0 Å². The van der Waals surface area contributed by atoms with E-state index in [1.54, 1.807) is 6.92 Å². The van der Waals surface area contributed by atoms with Crippen molar-refractivity contribution in [1.29, 1.82) is 0 Å². The molecule has 0 heterocycles. The van der Waals surface area contributed by atoms with Crippen molar-refractivity contribution in [2.75, 3.05) is 46.1 Å². The average Bonchev–Trinajstić information content (AvgIpc) is 3.40. The second kappa shape index (κ2) is 21.6. The van der Waals surface area contributed by atoms with Gasteiger partial charge in [0.25, 0.3) is 12.3 Å². The molecule has 268 valence electrons. The lowest BCUT2D eigenvalue weighted by Crippen LogP contribution is -2.32. The Labute approximate surface area is 289 Å². The number of rotatable bonds is 22. The molecule has 2 aromatic carbocycles. The summed E-state index contributed by atoms with van der Waals surface area (Å²) in [5.74, 6) is -1.04. The molecule has 0 aromatic heterocycles. The second-order valence-corrected chi connectivity index (χ2v) is 11.9. The minimum Gasteiger partial charge on any atom is -0.432 e. The van der Waals surface area contributed by atoms with E-state index in [0.717, 1.165) is 46.2 Å². The zero-order valence-electron chi connectivity index (χ0n) is 29.1. The zero-order valence-corrected chi connectivity index (χ0v) is 29.1. The second-order valence-electron chi connectivity index (χ2n) is 11.9. The summed E-state index contributed by atoms with van der Waals surface area (Å²) in [5.41, 5.74) is 6.05.